The van der Waals surface area contributed by atoms with Crippen molar-refractivity contribution in [3.8, 4) is 0 Å². The maximum Gasteiger partial charge on any atom is 0.136 e. The molecule has 2 aromatic rings. The summed E-state index contributed by atoms with van der Waals surface area (Å²) >= 11 is 0. The molecular weight excluding hydrogens is 198 g/mol. The highest BCUT2D eigenvalue weighted by Gasteiger charge is 2.08. The molecule has 0 spiro atoms. The molecule has 1 aromatic heterocycles. The molecule has 0 radical (unpaired) electrons. The number of hydrogen-bond acceptors (Lipinski definition) is 3. The monoisotopic (exact) mass is 215 g/mol. The number of nitrogens with zero attached hydrogens (tertiary/aromatic N) is 2. The second-order valence-electron chi connectivity index (χ2n) is 3.72. The standard InChI is InChI=1S/C13H17N3/c1-2-16(10-8-14)13-12-6-4-3-5-11(12)7-9-15-13/h3-7,9H,2,8,10,14H2,1H3. The Kier molecular flexibility index (Phi) is 3.37. The number of nitrogens with two attached hydrogens (primary N) is 1. The average Bonchev–Trinajstić information content (AvgIpc) is 2.35. The van der Waals surface area contributed by atoms with Crippen LogP contribution in [0.1, 0.15) is 6.92 Å². The van der Waals surface area contributed by atoms with Crippen molar-refractivity contribution in [1.82, 2.24) is 4.98 Å². The molecule has 2 N–H and O–H groups in total. The fourth-order valence-electron chi connectivity index (χ4n) is 1.93. The zero-order valence-corrected chi connectivity index (χ0v) is 9.56. The number of anilines is 1. The van der Waals surface area contributed by atoms with Crippen LogP contribution in [-0.4, -0.2) is 24.6 Å². The molecule has 0 aliphatic rings. The lowest BCUT2D eigenvalue weighted by Crippen LogP contribution is -2.29. The summed E-state index contributed by atoms with van der Waals surface area (Å²) in [6.07, 6.45) is 1.86. The Morgan fingerprint density at radius 3 is 2.81 bits per heavy atom. The third-order valence-electron chi connectivity index (χ3n) is 2.73. The Bertz CT molecular complexity index is 462. The van der Waals surface area contributed by atoms with Gasteiger partial charge in [0.2, 0.25) is 0 Å². The van der Waals surface area contributed by atoms with Crippen LogP contribution in [0.3, 0.4) is 0 Å². The topological polar surface area (TPSA) is 42.1 Å². The smallest absolute Gasteiger partial charge is 0.136 e. The number of benzene rings is 1. The predicted molar refractivity (Wildman–Crippen MR) is 68.7 cm³/mol. The molecule has 0 fully saturated rings. The van der Waals surface area contributed by atoms with Crippen molar-refractivity contribution < 1.29 is 0 Å². The lowest BCUT2D eigenvalue weighted by Gasteiger charge is -2.22. The quantitative estimate of drug-likeness (QED) is 0.848. The van der Waals surface area contributed by atoms with E-state index in [2.05, 4.69) is 28.9 Å². The summed E-state index contributed by atoms with van der Waals surface area (Å²) in [7, 11) is 0. The van der Waals surface area contributed by atoms with E-state index in [1.54, 1.807) is 0 Å². The van der Waals surface area contributed by atoms with Crippen LogP contribution < -0.4 is 10.6 Å². The first kappa shape index (κ1) is 10.9. The summed E-state index contributed by atoms with van der Waals surface area (Å²) in [6.45, 7) is 4.55. The summed E-state index contributed by atoms with van der Waals surface area (Å²) in [5, 5.41) is 2.42. The summed E-state index contributed by atoms with van der Waals surface area (Å²) < 4.78 is 0. The summed E-state index contributed by atoms with van der Waals surface area (Å²) in [5.41, 5.74) is 5.62. The maximum absolute atomic E-state index is 5.62. The highest BCUT2D eigenvalue weighted by atomic mass is 15.2. The summed E-state index contributed by atoms with van der Waals surface area (Å²) in [6, 6.07) is 10.3. The van der Waals surface area contributed by atoms with E-state index >= 15 is 0 Å². The van der Waals surface area contributed by atoms with Crippen LogP contribution in [0.2, 0.25) is 0 Å². The van der Waals surface area contributed by atoms with Gasteiger partial charge in [-0.15, -0.1) is 0 Å². The van der Waals surface area contributed by atoms with Crippen LogP contribution in [0.25, 0.3) is 10.8 Å². The first-order valence-electron chi connectivity index (χ1n) is 5.65. The molecule has 2 rings (SSSR count). The minimum atomic E-state index is 0.652. The molecular formula is C13H17N3. The third-order valence-corrected chi connectivity index (χ3v) is 2.73. The second-order valence-corrected chi connectivity index (χ2v) is 3.72. The number of likely N-dealkylation sites (N-methyl/N-ethyl adjacent to an activating group) is 1. The van der Waals surface area contributed by atoms with Gasteiger partial charge in [0, 0.05) is 31.2 Å². The number of fused-ring (bicyclic) bond motifs is 1. The van der Waals surface area contributed by atoms with E-state index in [4.69, 9.17) is 5.73 Å². The number of aromatic nitrogens is 1. The molecule has 3 nitrogen and oxygen atoms in total. The van der Waals surface area contributed by atoms with Gasteiger partial charge in [-0.1, -0.05) is 24.3 Å². The molecule has 1 heterocycles. The molecule has 0 unspecified atom stereocenters. The zero-order valence-electron chi connectivity index (χ0n) is 9.56. The highest BCUT2D eigenvalue weighted by Crippen LogP contribution is 2.23. The van der Waals surface area contributed by atoms with E-state index in [1.165, 1.54) is 10.8 Å². The number of rotatable bonds is 4. The Hall–Kier alpha value is -1.61. The van der Waals surface area contributed by atoms with Crippen LogP contribution in [-0.2, 0) is 0 Å². The van der Waals surface area contributed by atoms with Crippen LogP contribution in [0.5, 0.6) is 0 Å². The highest BCUT2D eigenvalue weighted by molar-refractivity contribution is 5.92. The van der Waals surface area contributed by atoms with Gasteiger partial charge in [0.25, 0.3) is 0 Å². The minimum absolute atomic E-state index is 0.652. The lowest BCUT2D eigenvalue weighted by molar-refractivity contribution is 0.806. The normalized spacial score (nSPS) is 10.6. The first-order chi connectivity index (χ1) is 7.86. The van der Waals surface area contributed by atoms with Crippen molar-refractivity contribution in [1.29, 1.82) is 0 Å². The van der Waals surface area contributed by atoms with E-state index < -0.39 is 0 Å². The molecule has 16 heavy (non-hydrogen) atoms. The Morgan fingerprint density at radius 1 is 1.25 bits per heavy atom. The molecule has 0 bridgehead atoms. The summed E-state index contributed by atoms with van der Waals surface area (Å²) in [4.78, 5) is 6.68. The van der Waals surface area contributed by atoms with Gasteiger partial charge in [-0.3, -0.25) is 0 Å². The van der Waals surface area contributed by atoms with Gasteiger partial charge in [0.05, 0.1) is 0 Å². The fourth-order valence-corrected chi connectivity index (χ4v) is 1.93. The molecule has 0 aliphatic carbocycles. The maximum atomic E-state index is 5.62. The Balaban J connectivity index is 2.50. The second kappa shape index (κ2) is 4.94. The molecule has 0 aliphatic heterocycles. The summed E-state index contributed by atoms with van der Waals surface area (Å²) in [5.74, 6) is 1.03. The molecule has 84 valence electrons. The van der Waals surface area contributed by atoms with Crippen molar-refractivity contribution in [3.05, 3.63) is 36.5 Å². The number of pyridine rings is 1. The van der Waals surface area contributed by atoms with Crippen molar-refractivity contribution in [2.24, 2.45) is 5.73 Å². The van der Waals surface area contributed by atoms with Gasteiger partial charge < -0.3 is 10.6 Å². The number of hydrogen-bond donors (Lipinski definition) is 1. The van der Waals surface area contributed by atoms with Gasteiger partial charge in [-0.05, 0) is 18.4 Å². The molecule has 0 atom stereocenters. The van der Waals surface area contributed by atoms with Gasteiger partial charge in [-0.25, -0.2) is 4.98 Å². The van der Waals surface area contributed by atoms with Crippen molar-refractivity contribution in [2.45, 2.75) is 6.92 Å². The third kappa shape index (κ3) is 1.99. The van der Waals surface area contributed by atoms with Crippen LogP contribution in [0, 0.1) is 0 Å². The van der Waals surface area contributed by atoms with E-state index in [-0.39, 0.29) is 0 Å². The van der Waals surface area contributed by atoms with Crippen molar-refractivity contribution in [2.75, 3.05) is 24.5 Å². The van der Waals surface area contributed by atoms with E-state index in [1.807, 2.05) is 24.4 Å². The van der Waals surface area contributed by atoms with E-state index in [9.17, 15) is 0 Å². The fraction of sp³-hybridized carbons (Fsp3) is 0.308. The molecule has 3 heteroatoms. The molecule has 1 aromatic carbocycles. The lowest BCUT2D eigenvalue weighted by atomic mass is 10.1. The first-order valence-corrected chi connectivity index (χ1v) is 5.65. The molecule has 0 saturated carbocycles. The van der Waals surface area contributed by atoms with Gasteiger partial charge in [-0.2, -0.15) is 0 Å². The van der Waals surface area contributed by atoms with Crippen molar-refractivity contribution in [3.63, 3.8) is 0 Å². The van der Waals surface area contributed by atoms with Crippen molar-refractivity contribution >= 4 is 16.6 Å². The van der Waals surface area contributed by atoms with Gasteiger partial charge >= 0.3 is 0 Å². The molecule has 0 saturated heterocycles. The SMILES string of the molecule is CCN(CCN)c1nccc2ccccc12. The van der Waals surface area contributed by atoms with Gasteiger partial charge in [0.15, 0.2) is 0 Å². The predicted octanol–water partition coefficient (Wildman–Crippen LogP) is 2.02. The Labute approximate surface area is 95.9 Å². The van der Waals surface area contributed by atoms with E-state index in [0.29, 0.717) is 6.54 Å². The Morgan fingerprint density at radius 2 is 2.06 bits per heavy atom. The van der Waals surface area contributed by atoms with E-state index in [0.717, 1.165) is 18.9 Å². The zero-order chi connectivity index (χ0) is 11.4. The van der Waals surface area contributed by atoms with Crippen LogP contribution in [0.4, 0.5) is 5.82 Å². The molecule has 0 amide bonds. The average molecular weight is 215 g/mol. The van der Waals surface area contributed by atoms with Crippen LogP contribution in [0.15, 0.2) is 36.5 Å². The minimum Gasteiger partial charge on any atom is -0.355 e. The van der Waals surface area contributed by atoms with Crippen LogP contribution >= 0.6 is 0 Å². The van der Waals surface area contributed by atoms with Gasteiger partial charge in [0.1, 0.15) is 5.82 Å². The largest absolute Gasteiger partial charge is 0.355 e.